The molecule has 4 nitrogen and oxygen atoms in total. The van der Waals surface area contributed by atoms with Gasteiger partial charge in [-0.15, -0.1) is 10.2 Å². The van der Waals surface area contributed by atoms with Crippen molar-refractivity contribution in [1.29, 1.82) is 0 Å². The first-order valence-corrected chi connectivity index (χ1v) is 8.50. The molecule has 3 aliphatic rings. The Labute approximate surface area is 118 Å². The number of aliphatic hydroxyl groups is 1. The minimum Gasteiger partial charge on any atom is -0.392 e. The van der Waals surface area contributed by atoms with Crippen LogP contribution in [0, 0.1) is 0 Å². The number of rotatable bonds is 4. The summed E-state index contributed by atoms with van der Waals surface area (Å²) in [6.45, 7) is 0. The third-order valence-corrected chi connectivity index (χ3v) is 5.81. The standard InChI is InChI=1S/C14H21N3OS/c18-11-3-1-2-4-12(11)19-14-16-15-13(9-5-6-9)17(14)10-7-8-10/h9-12,18H,1-8H2/t11-,12-/m1/s1. The Morgan fingerprint density at radius 1 is 1.00 bits per heavy atom. The van der Waals surface area contributed by atoms with Gasteiger partial charge >= 0.3 is 0 Å². The zero-order chi connectivity index (χ0) is 12.8. The molecule has 1 aromatic rings. The molecule has 0 radical (unpaired) electrons. The first-order chi connectivity index (χ1) is 9.33. The van der Waals surface area contributed by atoms with Crippen molar-refractivity contribution in [2.75, 3.05) is 0 Å². The van der Waals surface area contributed by atoms with Gasteiger partial charge in [-0.05, 0) is 38.5 Å². The average Bonchev–Trinajstić information content (AvgIpc) is 3.32. The summed E-state index contributed by atoms with van der Waals surface area (Å²) >= 11 is 1.77. The fraction of sp³-hybridized carbons (Fsp3) is 0.857. The summed E-state index contributed by atoms with van der Waals surface area (Å²) in [5.41, 5.74) is 0. The summed E-state index contributed by atoms with van der Waals surface area (Å²) < 4.78 is 2.39. The molecule has 1 N–H and O–H groups in total. The fourth-order valence-corrected chi connectivity index (χ4v) is 4.31. The highest BCUT2D eigenvalue weighted by atomic mass is 32.2. The maximum Gasteiger partial charge on any atom is 0.191 e. The van der Waals surface area contributed by atoms with Gasteiger partial charge < -0.3 is 9.67 Å². The third kappa shape index (κ3) is 2.42. The highest BCUT2D eigenvalue weighted by Crippen LogP contribution is 2.47. The Morgan fingerprint density at radius 2 is 1.79 bits per heavy atom. The second-order valence-corrected chi connectivity index (χ2v) is 7.43. The quantitative estimate of drug-likeness (QED) is 0.920. The van der Waals surface area contributed by atoms with Crippen molar-refractivity contribution in [3.05, 3.63) is 5.82 Å². The second kappa shape index (κ2) is 4.77. The van der Waals surface area contributed by atoms with Crippen LogP contribution < -0.4 is 0 Å². The molecule has 0 aromatic carbocycles. The lowest BCUT2D eigenvalue weighted by molar-refractivity contribution is 0.136. The predicted octanol–water partition coefficient (Wildman–Crippen LogP) is 2.89. The molecule has 0 bridgehead atoms. The normalized spacial score (nSPS) is 31.6. The SMILES string of the molecule is O[C@@H]1CCCC[C@H]1Sc1nnc(C2CC2)n1C1CC1. The van der Waals surface area contributed by atoms with E-state index in [9.17, 15) is 5.11 Å². The van der Waals surface area contributed by atoms with Crippen molar-refractivity contribution in [3.8, 4) is 0 Å². The zero-order valence-electron chi connectivity index (χ0n) is 11.2. The van der Waals surface area contributed by atoms with Crippen molar-refractivity contribution in [2.24, 2.45) is 0 Å². The maximum absolute atomic E-state index is 10.1. The molecule has 0 saturated heterocycles. The van der Waals surface area contributed by atoms with Crippen LogP contribution in [0.5, 0.6) is 0 Å². The Morgan fingerprint density at radius 3 is 2.47 bits per heavy atom. The Kier molecular flexibility index (Phi) is 3.07. The van der Waals surface area contributed by atoms with Crippen LogP contribution in [0.1, 0.15) is 69.2 Å². The Balaban J connectivity index is 1.56. The highest BCUT2D eigenvalue weighted by molar-refractivity contribution is 7.99. The lowest BCUT2D eigenvalue weighted by Gasteiger charge is -2.26. The molecule has 1 aromatic heterocycles. The van der Waals surface area contributed by atoms with Gasteiger partial charge in [0.05, 0.1) is 6.10 Å². The van der Waals surface area contributed by atoms with Crippen molar-refractivity contribution in [3.63, 3.8) is 0 Å². The van der Waals surface area contributed by atoms with Crippen molar-refractivity contribution < 1.29 is 5.11 Å². The topological polar surface area (TPSA) is 50.9 Å². The molecule has 2 atom stereocenters. The van der Waals surface area contributed by atoms with Gasteiger partial charge in [0, 0.05) is 17.2 Å². The van der Waals surface area contributed by atoms with E-state index in [1.165, 1.54) is 44.3 Å². The number of aliphatic hydroxyl groups excluding tert-OH is 1. The Hall–Kier alpha value is -0.550. The van der Waals surface area contributed by atoms with E-state index in [1.54, 1.807) is 11.8 Å². The van der Waals surface area contributed by atoms with Crippen LogP contribution in [0.15, 0.2) is 5.16 Å². The molecule has 1 heterocycles. The molecule has 0 unspecified atom stereocenters. The van der Waals surface area contributed by atoms with Crippen molar-refractivity contribution >= 4 is 11.8 Å². The first-order valence-electron chi connectivity index (χ1n) is 7.62. The van der Waals surface area contributed by atoms with Crippen LogP contribution in [0.4, 0.5) is 0 Å². The van der Waals surface area contributed by atoms with Gasteiger partial charge in [-0.1, -0.05) is 24.6 Å². The molecular formula is C14H21N3OS. The van der Waals surface area contributed by atoms with Gasteiger partial charge in [-0.25, -0.2) is 0 Å². The van der Waals surface area contributed by atoms with Gasteiger partial charge in [0.1, 0.15) is 5.82 Å². The minimum atomic E-state index is -0.160. The molecule has 3 aliphatic carbocycles. The van der Waals surface area contributed by atoms with Crippen LogP contribution in [0.2, 0.25) is 0 Å². The Bertz CT molecular complexity index is 467. The summed E-state index contributed by atoms with van der Waals surface area (Å²) in [6, 6.07) is 0.647. The zero-order valence-corrected chi connectivity index (χ0v) is 12.0. The monoisotopic (exact) mass is 279 g/mol. The van der Waals surface area contributed by atoms with Gasteiger partial charge in [0.15, 0.2) is 5.16 Å². The molecule has 104 valence electrons. The van der Waals surface area contributed by atoms with Gasteiger partial charge in [-0.3, -0.25) is 0 Å². The molecule has 4 rings (SSSR count). The summed E-state index contributed by atoms with van der Waals surface area (Å²) in [6.07, 6.45) is 9.42. The smallest absolute Gasteiger partial charge is 0.191 e. The van der Waals surface area contributed by atoms with Gasteiger partial charge in [-0.2, -0.15) is 0 Å². The van der Waals surface area contributed by atoms with Crippen molar-refractivity contribution in [2.45, 2.75) is 79.8 Å². The number of hydrogen-bond acceptors (Lipinski definition) is 4. The van der Waals surface area contributed by atoms with Crippen LogP contribution >= 0.6 is 11.8 Å². The average molecular weight is 279 g/mol. The summed E-state index contributed by atoms with van der Waals surface area (Å²) in [7, 11) is 0. The molecule has 3 fully saturated rings. The lowest BCUT2D eigenvalue weighted by atomic mass is 9.97. The molecular weight excluding hydrogens is 258 g/mol. The summed E-state index contributed by atoms with van der Waals surface area (Å²) in [5.74, 6) is 1.88. The van der Waals surface area contributed by atoms with Gasteiger partial charge in [0.2, 0.25) is 0 Å². The summed E-state index contributed by atoms with van der Waals surface area (Å²) in [4.78, 5) is 0. The van der Waals surface area contributed by atoms with E-state index in [-0.39, 0.29) is 6.10 Å². The number of thioether (sulfide) groups is 1. The van der Waals surface area contributed by atoms with E-state index in [1.807, 2.05) is 0 Å². The molecule has 3 saturated carbocycles. The largest absolute Gasteiger partial charge is 0.392 e. The minimum absolute atomic E-state index is 0.160. The number of aromatic nitrogens is 3. The third-order valence-electron chi connectivity index (χ3n) is 4.47. The van der Waals surface area contributed by atoms with E-state index in [0.29, 0.717) is 17.2 Å². The van der Waals surface area contributed by atoms with E-state index in [4.69, 9.17) is 0 Å². The van der Waals surface area contributed by atoms with Crippen molar-refractivity contribution in [1.82, 2.24) is 14.8 Å². The highest BCUT2D eigenvalue weighted by Gasteiger charge is 2.37. The van der Waals surface area contributed by atoms with Crippen LogP contribution in [-0.4, -0.2) is 31.2 Å². The van der Waals surface area contributed by atoms with Crippen LogP contribution in [-0.2, 0) is 0 Å². The fourth-order valence-electron chi connectivity index (χ4n) is 3.01. The number of hydrogen-bond donors (Lipinski definition) is 1. The van der Waals surface area contributed by atoms with Gasteiger partial charge in [0.25, 0.3) is 0 Å². The van der Waals surface area contributed by atoms with Crippen LogP contribution in [0.3, 0.4) is 0 Å². The second-order valence-electron chi connectivity index (χ2n) is 6.22. The maximum atomic E-state index is 10.1. The molecule has 0 amide bonds. The van der Waals surface area contributed by atoms with Crippen LogP contribution in [0.25, 0.3) is 0 Å². The van der Waals surface area contributed by atoms with E-state index < -0.39 is 0 Å². The van der Waals surface area contributed by atoms with E-state index in [0.717, 1.165) is 18.0 Å². The number of nitrogens with zero attached hydrogens (tertiary/aromatic N) is 3. The van der Waals surface area contributed by atoms with E-state index >= 15 is 0 Å². The first kappa shape index (κ1) is 12.2. The lowest BCUT2D eigenvalue weighted by Crippen LogP contribution is -2.27. The predicted molar refractivity (Wildman–Crippen MR) is 74.4 cm³/mol. The molecule has 5 heteroatoms. The molecule has 0 aliphatic heterocycles. The summed E-state index contributed by atoms with van der Waals surface area (Å²) in [5, 5.41) is 20.4. The van der Waals surface area contributed by atoms with E-state index in [2.05, 4.69) is 14.8 Å². The molecule has 0 spiro atoms. The molecule has 19 heavy (non-hydrogen) atoms.